The van der Waals surface area contributed by atoms with Crippen molar-refractivity contribution >= 4 is 17.5 Å². The molecule has 0 atom stereocenters. The van der Waals surface area contributed by atoms with Crippen molar-refractivity contribution in [3.63, 3.8) is 0 Å². The Balaban J connectivity index is 1.46. The highest BCUT2D eigenvalue weighted by Crippen LogP contribution is 2.18. The number of nitrogens with one attached hydrogen (secondary N) is 2. The SMILES string of the molecule is O=C(NCCN1CCc2ccccc2C1)C(=O)Nc1cccc(F)c1F. The number of carbonyl (C=O) groups is 2. The van der Waals surface area contributed by atoms with Crippen molar-refractivity contribution in [1.29, 1.82) is 0 Å². The van der Waals surface area contributed by atoms with E-state index in [0.29, 0.717) is 13.1 Å². The Morgan fingerprint density at radius 2 is 1.77 bits per heavy atom. The zero-order valence-corrected chi connectivity index (χ0v) is 14.1. The molecule has 1 aliphatic rings. The van der Waals surface area contributed by atoms with Crippen molar-refractivity contribution in [3.8, 4) is 0 Å². The molecule has 1 heterocycles. The van der Waals surface area contributed by atoms with Gasteiger partial charge in [-0.15, -0.1) is 0 Å². The number of amides is 2. The van der Waals surface area contributed by atoms with Gasteiger partial charge in [0.05, 0.1) is 5.69 Å². The second kappa shape index (κ2) is 8.05. The summed E-state index contributed by atoms with van der Waals surface area (Å²) in [6.45, 7) is 2.57. The normalized spacial score (nSPS) is 13.8. The van der Waals surface area contributed by atoms with Crippen LogP contribution in [0.25, 0.3) is 0 Å². The largest absolute Gasteiger partial charge is 0.347 e. The molecule has 5 nitrogen and oxygen atoms in total. The summed E-state index contributed by atoms with van der Waals surface area (Å²) in [5.41, 5.74) is 2.24. The van der Waals surface area contributed by atoms with Gasteiger partial charge in [-0.1, -0.05) is 30.3 Å². The van der Waals surface area contributed by atoms with Crippen molar-refractivity contribution in [2.75, 3.05) is 25.0 Å². The Labute approximate surface area is 150 Å². The smallest absolute Gasteiger partial charge is 0.313 e. The summed E-state index contributed by atoms with van der Waals surface area (Å²) in [5, 5.41) is 4.57. The van der Waals surface area contributed by atoms with Gasteiger partial charge in [-0.3, -0.25) is 14.5 Å². The molecule has 0 saturated heterocycles. The first-order chi connectivity index (χ1) is 12.5. The summed E-state index contributed by atoms with van der Waals surface area (Å²) in [4.78, 5) is 25.8. The Bertz CT molecular complexity index is 826. The van der Waals surface area contributed by atoms with E-state index in [9.17, 15) is 18.4 Å². The Kier molecular flexibility index (Phi) is 5.58. The van der Waals surface area contributed by atoms with Crippen LogP contribution in [0.3, 0.4) is 0 Å². The number of nitrogens with zero attached hydrogens (tertiary/aromatic N) is 1. The van der Waals surface area contributed by atoms with Crippen molar-refractivity contribution in [2.45, 2.75) is 13.0 Å². The third-order valence-corrected chi connectivity index (χ3v) is 4.33. The number of rotatable bonds is 4. The molecule has 0 aromatic heterocycles. The Hall–Kier alpha value is -2.80. The zero-order valence-electron chi connectivity index (χ0n) is 14.1. The molecule has 136 valence electrons. The average Bonchev–Trinajstić information content (AvgIpc) is 2.65. The van der Waals surface area contributed by atoms with Gasteiger partial charge in [0.25, 0.3) is 0 Å². The van der Waals surface area contributed by atoms with E-state index < -0.39 is 23.4 Å². The van der Waals surface area contributed by atoms with Crippen LogP contribution in [0.5, 0.6) is 0 Å². The lowest BCUT2D eigenvalue weighted by atomic mass is 10.00. The topological polar surface area (TPSA) is 61.4 Å². The molecule has 0 unspecified atom stereocenters. The van der Waals surface area contributed by atoms with Crippen molar-refractivity contribution in [2.24, 2.45) is 0 Å². The standard InChI is InChI=1S/C19H19F2N3O2/c20-15-6-3-7-16(17(15)21)23-19(26)18(25)22-9-11-24-10-8-13-4-1-2-5-14(13)12-24/h1-7H,8-12H2,(H,22,25)(H,23,26). The Morgan fingerprint density at radius 1 is 1.00 bits per heavy atom. The first-order valence-electron chi connectivity index (χ1n) is 8.37. The minimum atomic E-state index is -1.19. The van der Waals surface area contributed by atoms with Crippen LogP contribution in [0.15, 0.2) is 42.5 Å². The van der Waals surface area contributed by atoms with E-state index >= 15 is 0 Å². The third-order valence-electron chi connectivity index (χ3n) is 4.33. The first-order valence-corrected chi connectivity index (χ1v) is 8.37. The van der Waals surface area contributed by atoms with Gasteiger partial charge in [-0.25, -0.2) is 8.78 Å². The summed E-state index contributed by atoms with van der Waals surface area (Å²) in [6.07, 6.45) is 0.948. The Morgan fingerprint density at radius 3 is 2.58 bits per heavy atom. The molecular formula is C19H19F2N3O2. The van der Waals surface area contributed by atoms with Crippen LogP contribution < -0.4 is 10.6 Å². The lowest BCUT2D eigenvalue weighted by Gasteiger charge is -2.28. The lowest BCUT2D eigenvalue weighted by Crippen LogP contribution is -2.41. The fraction of sp³-hybridized carbons (Fsp3) is 0.263. The maximum absolute atomic E-state index is 13.5. The number of benzene rings is 2. The molecule has 3 rings (SSSR count). The molecule has 7 heteroatoms. The van der Waals surface area contributed by atoms with E-state index in [1.807, 2.05) is 12.1 Å². The van der Waals surface area contributed by atoms with Gasteiger partial charge >= 0.3 is 11.8 Å². The highest BCUT2D eigenvalue weighted by atomic mass is 19.2. The number of halogens is 2. The fourth-order valence-electron chi connectivity index (χ4n) is 2.93. The third kappa shape index (κ3) is 4.23. The predicted octanol–water partition coefficient (Wildman–Crippen LogP) is 2.08. The highest BCUT2D eigenvalue weighted by molar-refractivity contribution is 6.39. The number of carbonyl (C=O) groups excluding carboxylic acids is 2. The van der Waals surface area contributed by atoms with Gasteiger partial charge < -0.3 is 10.6 Å². The zero-order chi connectivity index (χ0) is 18.5. The van der Waals surface area contributed by atoms with E-state index in [-0.39, 0.29) is 5.69 Å². The second-order valence-electron chi connectivity index (χ2n) is 6.11. The van der Waals surface area contributed by atoms with Gasteiger partial charge in [-0.2, -0.15) is 0 Å². The first kappa shape index (κ1) is 18.0. The molecule has 0 spiro atoms. The van der Waals surface area contributed by atoms with E-state index in [4.69, 9.17) is 0 Å². The summed E-state index contributed by atoms with van der Waals surface area (Å²) in [7, 11) is 0. The van der Waals surface area contributed by atoms with Gasteiger partial charge in [0, 0.05) is 26.2 Å². The van der Waals surface area contributed by atoms with Crippen molar-refractivity contribution in [1.82, 2.24) is 10.2 Å². The number of anilines is 1. The number of hydrogen-bond donors (Lipinski definition) is 2. The molecule has 2 N–H and O–H groups in total. The predicted molar refractivity (Wildman–Crippen MR) is 93.4 cm³/mol. The molecule has 2 amide bonds. The van der Waals surface area contributed by atoms with Crippen LogP contribution in [-0.4, -0.2) is 36.3 Å². The summed E-state index contributed by atoms with van der Waals surface area (Å²) < 4.78 is 26.6. The molecule has 0 aliphatic carbocycles. The summed E-state index contributed by atoms with van der Waals surface area (Å²) in [6, 6.07) is 11.6. The quantitative estimate of drug-likeness (QED) is 0.822. The van der Waals surface area contributed by atoms with Crippen LogP contribution in [0.1, 0.15) is 11.1 Å². The van der Waals surface area contributed by atoms with Crippen LogP contribution in [0.2, 0.25) is 0 Å². The van der Waals surface area contributed by atoms with Crippen LogP contribution in [0.4, 0.5) is 14.5 Å². The van der Waals surface area contributed by atoms with Crippen molar-refractivity contribution < 1.29 is 18.4 Å². The molecular weight excluding hydrogens is 340 g/mol. The van der Waals surface area contributed by atoms with E-state index in [2.05, 4.69) is 27.7 Å². The van der Waals surface area contributed by atoms with Crippen LogP contribution in [0, 0.1) is 11.6 Å². The van der Waals surface area contributed by atoms with Gasteiger partial charge in [0.1, 0.15) is 0 Å². The van der Waals surface area contributed by atoms with Gasteiger partial charge in [0.2, 0.25) is 0 Å². The lowest BCUT2D eigenvalue weighted by molar-refractivity contribution is -0.136. The molecule has 0 fully saturated rings. The maximum atomic E-state index is 13.5. The average molecular weight is 359 g/mol. The summed E-state index contributed by atoms with van der Waals surface area (Å²) in [5.74, 6) is -4.20. The second-order valence-corrected chi connectivity index (χ2v) is 6.11. The minimum Gasteiger partial charge on any atom is -0.347 e. The fourth-order valence-corrected chi connectivity index (χ4v) is 2.93. The monoisotopic (exact) mass is 359 g/mol. The summed E-state index contributed by atoms with van der Waals surface area (Å²) >= 11 is 0. The minimum absolute atomic E-state index is 0.292. The number of hydrogen-bond acceptors (Lipinski definition) is 3. The number of fused-ring (bicyclic) bond motifs is 1. The molecule has 0 saturated carbocycles. The highest BCUT2D eigenvalue weighted by Gasteiger charge is 2.18. The molecule has 0 radical (unpaired) electrons. The van der Waals surface area contributed by atoms with Crippen molar-refractivity contribution in [3.05, 3.63) is 65.2 Å². The van der Waals surface area contributed by atoms with Crippen LogP contribution >= 0.6 is 0 Å². The van der Waals surface area contributed by atoms with E-state index in [0.717, 1.165) is 25.6 Å². The maximum Gasteiger partial charge on any atom is 0.313 e. The molecule has 2 aromatic rings. The van der Waals surface area contributed by atoms with E-state index in [1.54, 1.807) is 0 Å². The van der Waals surface area contributed by atoms with Gasteiger partial charge in [0.15, 0.2) is 11.6 Å². The molecule has 2 aromatic carbocycles. The van der Waals surface area contributed by atoms with Crippen LogP contribution in [-0.2, 0) is 22.6 Å². The molecule has 1 aliphatic heterocycles. The molecule has 26 heavy (non-hydrogen) atoms. The molecule has 0 bridgehead atoms. The van der Waals surface area contributed by atoms with Gasteiger partial charge in [-0.05, 0) is 29.7 Å². The van der Waals surface area contributed by atoms with E-state index in [1.165, 1.54) is 23.3 Å².